The Balaban J connectivity index is 0.747. The van der Waals surface area contributed by atoms with E-state index in [4.69, 9.17) is 20.7 Å². The van der Waals surface area contributed by atoms with Crippen molar-refractivity contribution >= 4 is 45.3 Å². The number of hydrogen-bond acceptors (Lipinski definition) is 11. The molecule has 3 aromatic heterocycles. The largest absolute Gasteiger partial charge is 0.457 e. The maximum atomic E-state index is 12.6. The number of rotatable bonds is 8. The van der Waals surface area contributed by atoms with Crippen molar-refractivity contribution in [2.45, 2.75) is 49.7 Å². The van der Waals surface area contributed by atoms with Gasteiger partial charge in [0.25, 0.3) is 0 Å². The second-order valence-corrected chi connectivity index (χ2v) is 15.3. The van der Waals surface area contributed by atoms with Crippen molar-refractivity contribution < 1.29 is 14.3 Å². The van der Waals surface area contributed by atoms with Crippen LogP contribution in [0.5, 0.6) is 11.5 Å². The average molecular weight is 738 g/mol. The minimum absolute atomic E-state index is 0.209. The SMILES string of the molecule is Cn1nc(C2CCC(=O)NC2=O)c2ccc(N3CC(N4CC(N5CCC(n6nc(-c7ccc(Oc8ccccc8)cc7)c7c(N)ncnc76)CC5)C4)C3)cc21. The molecule has 4 saturated heterocycles. The summed E-state index contributed by atoms with van der Waals surface area (Å²) in [6, 6.07) is 25.5. The van der Waals surface area contributed by atoms with Crippen LogP contribution >= 0.6 is 0 Å². The fraction of sp³-hybridized carbons (Fsp3) is 0.366. The van der Waals surface area contributed by atoms with Gasteiger partial charge in [0.15, 0.2) is 5.65 Å². The third kappa shape index (κ3) is 6.05. The van der Waals surface area contributed by atoms with Crippen LogP contribution in [-0.4, -0.2) is 102 Å². The first-order valence-corrected chi connectivity index (χ1v) is 19.2. The lowest BCUT2D eigenvalue weighted by molar-refractivity contribution is -0.134. The zero-order chi connectivity index (χ0) is 37.2. The molecule has 4 aliphatic heterocycles. The van der Waals surface area contributed by atoms with Crippen LogP contribution in [0.25, 0.3) is 33.2 Å². The number of aromatic nitrogens is 6. The number of imide groups is 1. The number of nitrogens with one attached hydrogen (secondary N) is 1. The van der Waals surface area contributed by atoms with E-state index in [9.17, 15) is 9.59 Å². The number of para-hydroxylation sites is 1. The highest BCUT2D eigenvalue weighted by Crippen LogP contribution is 2.38. The third-order valence-electron chi connectivity index (χ3n) is 12.1. The zero-order valence-electron chi connectivity index (χ0n) is 30.7. The Morgan fingerprint density at radius 3 is 2.31 bits per heavy atom. The molecule has 6 aromatic rings. The van der Waals surface area contributed by atoms with E-state index >= 15 is 0 Å². The molecular weight excluding hydrogens is 695 g/mol. The maximum absolute atomic E-state index is 12.6. The highest BCUT2D eigenvalue weighted by Gasteiger charge is 2.42. The van der Waals surface area contributed by atoms with E-state index in [1.165, 1.54) is 12.0 Å². The van der Waals surface area contributed by atoms with Crippen LogP contribution < -0.4 is 20.7 Å². The molecule has 14 nitrogen and oxygen atoms in total. The van der Waals surface area contributed by atoms with Crippen molar-refractivity contribution in [1.29, 1.82) is 0 Å². The lowest BCUT2D eigenvalue weighted by Crippen LogP contribution is -2.70. The molecule has 0 aliphatic carbocycles. The molecule has 0 saturated carbocycles. The molecule has 0 bridgehead atoms. The molecule has 3 aromatic carbocycles. The van der Waals surface area contributed by atoms with E-state index in [2.05, 4.69) is 52.9 Å². The number of ether oxygens (including phenoxy) is 1. The van der Waals surface area contributed by atoms with Gasteiger partial charge in [-0.3, -0.25) is 29.4 Å². The summed E-state index contributed by atoms with van der Waals surface area (Å²) in [6.07, 6.45) is 4.37. The Kier molecular flexibility index (Phi) is 8.25. The van der Waals surface area contributed by atoms with Gasteiger partial charge in [-0.1, -0.05) is 18.2 Å². The molecule has 4 fully saturated rings. The summed E-state index contributed by atoms with van der Waals surface area (Å²) in [7, 11) is 1.92. The molecule has 3 N–H and O–H groups in total. The van der Waals surface area contributed by atoms with Crippen LogP contribution in [0.1, 0.15) is 43.3 Å². The molecule has 4 aliphatic rings. The predicted molar refractivity (Wildman–Crippen MR) is 209 cm³/mol. The summed E-state index contributed by atoms with van der Waals surface area (Å²) in [5.41, 5.74) is 11.9. The van der Waals surface area contributed by atoms with Crippen LogP contribution in [0, 0.1) is 0 Å². The lowest BCUT2D eigenvalue weighted by atomic mass is 9.92. The number of aryl methyl sites for hydroxylation is 1. The van der Waals surface area contributed by atoms with Gasteiger partial charge in [-0.25, -0.2) is 14.6 Å². The topological polar surface area (TPSA) is 153 Å². The number of likely N-dealkylation sites (tertiary alicyclic amines) is 2. The summed E-state index contributed by atoms with van der Waals surface area (Å²) < 4.78 is 9.95. The second-order valence-electron chi connectivity index (χ2n) is 15.3. The van der Waals surface area contributed by atoms with E-state index in [0.717, 1.165) is 102 Å². The van der Waals surface area contributed by atoms with Crippen molar-refractivity contribution in [1.82, 2.24) is 44.6 Å². The van der Waals surface area contributed by atoms with Crippen molar-refractivity contribution in [2.24, 2.45) is 7.05 Å². The maximum Gasteiger partial charge on any atom is 0.235 e. The van der Waals surface area contributed by atoms with Crippen molar-refractivity contribution in [3.8, 4) is 22.8 Å². The Bertz CT molecular complexity index is 2410. The number of benzene rings is 3. The molecule has 280 valence electrons. The summed E-state index contributed by atoms with van der Waals surface area (Å²) in [5, 5.41) is 14.1. The molecule has 1 atom stereocenters. The van der Waals surface area contributed by atoms with Gasteiger partial charge >= 0.3 is 0 Å². The minimum Gasteiger partial charge on any atom is -0.457 e. The number of hydrogen-bond donors (Lipinski definition) is 2. The van der Waals surface area contributed by atoms with Crippen LogP contribution in [0.3, 0.4) is 0 Å². The molecule has 0 spiro atoms. The van der Waals surface area contributed by atoms with Gasteiger partial charge in [0, 0.05) is 81.5 Å². The first-order chi connectivity index (χ1) is 26.9. The molecule has 55 heavy (non-hydrogen) atoms. The summed E-state index contributed by atoms with van der Waals surface area (Å²) in [4.78, 5) is 40.9. The highest BCUT2D eigenvalue weighted by molar-refractivity contribution is 6.03. The van der Waals surface area contributed by atoms with Crippen LogP contribution in [0.15, 0.2) is 79.1 Å². The number of nitrogens with two attached hydrogens (primary N) is 1. The van der Waals surface area contributed by atoms with Crippen LogP contribution in [0.2, 0.25) is 0 Å². The molecule has 1 unspecified atom stereocenters. The minimum atomic E-state index is -0.395. The number of carbonyl (C=O) groups excluding carboxylic acids is 2. The number of carbonyl (C=O) groups is 2. The summed E-state index contributed by atoms with van der Waals surface area (Å²) >= 11 is 0. The van der Waals surface area contributed by atoms with Gasteiger partial charge in [0.1, 0.15) is 29.3 Å². The number of nitrogens with zero attached hydrogens (tertiary/aromatic N) is 9. The quantitative estimate of drug-likeness (QED) is 0.213. The molecule has 10 rings (SSSR count). The molecular formula is C41H43N11O3. The van der Waals surface area contributed by atoms with Gasteiger partial charge in [0.2, 0.25) is 11.8 Å². The molecule has 14 heteroatoms. The van der Waals surface area contributed by atoms with E-state index in [1.54, 1.807) is 0 Å². The highest BCUT2D eigenvalue weighted by atomic mass is 16.5. The molecule has 0 radical (unpaired) electrons. The molecule has 2 amide bonds. The Morgan fingerprint density at radius 1 is 0.800 bits per heavy atom. The number of fused-ring (bicyclic) bond motifs is 2. The number of piperidine rings is 2. The van der Waals surface area contributed by atoms with Gasteiger partial charge in [-0.2, -0.15) is 10.2 Å². The van der Waals surface area contributed by atoms with E-state index in [0.29, 0.717) is 30.7 Å². The fourth-order valence-corrected chi connectivity index (χ4v) is 8.85. The van der Waals surface area contributed by atoms with Crippen molar-refractivity contribution in [2.75, 3.05) is 49.9 Å². The van der Waals surface area contributed by atoms with Crippen LogP contribution in [0.4, 0.5) is 11.5 Å². The summed E-state index contributed by atoms with van der Waals surface area (Å²) in [6.45, 7) is 6.24. The third-order valence-corrected chi connectivity index (χ3v) is 12.1. The predicted octanol–water partition coefficient (Wildman–Crippen LogP) is 4.48. The lowest BCUT2D eigenvalue weighted by Gasteiger charge is -2.55. The summed E-state index contributed by atoms with van der Waals surface area (Å²) in [5.74, 6) is 1.13. The standard InChI is InChI=1S/C41H43N11O3/c1-48-34-19-27(9-12-32(34)38(46-48)33-13-14-35(53)45-41(33)54)50-22-29(23-50)51-20-28(21-51)49-17-15-26(16-18-49)52-40-36(39(42)43-24-44-40)37(47-52)25-7-10-31(11-8-25)55-30-5-3-2-4-6-30/h2-12,19,24,26,28-29,33H,13-18,20-23H2,1H3,(H2,42,43,44)(H,45,53,54). The first-order valence-electron chi connectivity index (χ1n) is 19.2. The average Bonchev–Trinajstić information content (AvgIpc) is 3.71. The zero-order valence-corrected chi connectivity index (χ0v) is 30.7. The number of anilines is 2. The van der Waals surface area contributed by atoms with Gasteiger partial charge in [0.05, 0.1) is 28.6 Å². The van der Waals surface area contributed by atoms with Gasteiger partial charge in [-0.15, -0.1) is 0 Å². The van der Waals surface area contributed by atoms with E-state index < -0.39 is 5.92 Å². The Hall–Kier alpha value is -5.86. The van der Waals surface area contributed by atoms with Crippen molar-refractivity contribution in [3.63, 3.8) is 0 Å². The smallest absolute Gasteiger partial charge is 0.235 e. The van der Waals surface area contributed by atoms with Crippen molar-refractivity contribution in [3.05, 3.63) is 84.8 Å². The Morgan fingerprint density at radius 2 is 1.55 bits per heavy atom. The van der Waals surface area contributed by atoms with E-state index in [-0.39, 0.29) is 17.9 Å². The van der Waals surface area contributed by atoms with Crippen LogP contribution in [-0.2, 0) is 16.6 Å². The second kappa shape index (κ2) is 13.5. The molecule has 7 heterocycles. The monoisotopic (exact) mass is 737 g/mol. The fourth-order valence-electron chi connectivity index (χ4n) is 8.85. The normalized spacial score (nSPS) is 20.5. The number of nitrogen functional groups attached to an aromatic ring is 1. The number of amides is 2. The van der Waals surface area contributed by atoms with E-state index in [1.807, 2.05) is 66.3 Å². The van der Waals surface area contributed by atoms with Gasteiger partial charge in [-0.05, 0) is 73.9 Å². The first kappa shape index (κ1) is 33.7. The Labute approximate surface area is 317 Å². The van der Waals surface area contributed by atoms with Gasteiger partial charge < -0.3 is 15.4 Å².